The average Bonchev–Trinajstić information content (AvgIpc) is 2.04. The Morgan fingerprint density at radius 2 is 2.36 bits per heavy atom. The SMILES string of the molecule is C=CC(=O)CCNCCOC. The van der Waals surface area contributed by atoms with E-state index in [4.69, 9.17) is 4.74 Å². The highest BCUT2D eigenvalue weighted by molar-refractivity contribution is 5.89. The Morgan fingerprint density at radius 3 is 2.91 bits per heavy atom. The Hall–Kier alpha value is -0.670. The molecule has 3 heteroatoms. The second kappa shape index (κ2) is 7.44. The quantitative estimate of drug-likeness (QED) is 0.428. The number of nitrogens with one attached hydrogen (secondary N) is 1. The van der Waals surface area contributed by atoms with Crippen molar-refractivity contribution in [1.82, 2.24) is 5.32 Å². The Morgan fingerprint density at radius 1 is 1.64 bits per heavy atom. The summed E-state index contributed by atoms with van der Waals surface area (Å²) in [5.41, 5.74) is 0. The third-order valence-corrected chi connectivity index (χ3v) is 1.26. The van der Waals surface area contributed by atoms with Gasteiger partial charge in [0.2, 0.25) is 0 Å². The normalized spacial score (nSPS) is 9.55. The Bertz CT molecular complexity index is 123. The Balaban J connectivity index is 3.01. The molecular formula is C8H15NO2. The van der Waals surface area contributed by atoms with Crippen molar-refractivity contribution in [3.8, 4) is 0 Å². The van der Waals surface area contributed by atoms with E-state index in [1.54, 1.807) is 7.11 Å². The van der Waals surface area contributed by atoms with Crippen LogP contribution in [0, 0.1) is 0 Å². The second-order valence-electron chi connectivity index (χ2n) is 2.16. The van der Waals surface area contributed by atoms with Crippen LogP contribution in [0.15, 0.2) is 12.7 Å². The lowest BCUT2D eigenvalue weighted by Gasteiger charge is -2.00. The van der Waals surface area contributed by atoms with E-state index in [0.29, 0.717) is 19.6 Å². The minimum absolute atomic E-state index is 0.0786. The number of methoxy groups -OCH3 is 1. The molecule has 0 aliphatic carbocycles. The van der Waals surface area contributed by atoms with E-state index in [-0.39, 0.29) is 5.78 Å². The van der Waals surface area contributed by atoms with E-state index in [1.807, 2.05) is 0 Å². The molecular weight excluding hydrogens is 142 g/mol. The standard InChI is InChI=1S/C8H15NO2/c1-3-8(10)4-5-9-6-7-11-2/h3,9H,1,4-7H2,2H3. The van der Waals surface area contributed by atoms with Crippen LogP contribution in [0.5, 0.6) is 0 Å². The number of hydrogen-bond donors (Lipinski definition) is 1. The van der Waals surface area contributed by atoms with Gasteiger partial charge in [-0.2, -0.15) is 0 Å². The van der Waals surface area contributed by atoms with E-state index in [1.165, 1.54) is 6.08 Å². The molecule has 0 aliphatic heterocycles. The summed E-state index contributed by atoms with van der Waals surface area (Å²) in [5, 5.41) is 3.06. The van der Waals surface area contributed by atoms with E-state index in [9.17, 15) is 4.79 Å². The second-order valence-corrected chi connectivity index (χ2v) is 2.16. The zero-order valence-electron chi connectivity index (χ0n) is 6.93. The van der Waals surface area contributed by atoms with Crippen LogP contribution in [0.25, 0.3) is 0 Å². The van der Waals surface area contributed by atoms with Gasteiger partial charge in [0.25, 0.3) is 0 Å². The zero-order chi connectivity index (χ0) is 8.53. The van der Waals surface area contributed by atoms with Gasteiger partial charge in [0, 0.05) is 26.6 Å². The van der Waals surface area contributed by atoms with Gasteiger partial charge in [-0.1, -0.05) is 6.58 Å². The topological polar surface area (TPSA) is 38.3 Å². The molecule has 0 heterocycles. The number of carbonyl (C=O) groups is 1. The van der Waals surface area contributed by atoms with Crippen molar-refractivity contribution in [2.75, 3.05) is 26.8 Å². The van der Waals surface area contributed by atoms with Gasteiger partial charge in [0.05, 0.1) is 6.61 Å². The number of allylic oxidation sites excluding steroid dienone is 1. The molecule has 0 saturated heterocycles. The smallest absolute Gasteiger partial charge is 0.156 e. The number of ether oxygens (including phenoxy) is 1. The molecule has 0 spiro atoms. The summed E-state index contributed by atoms with van der Waals surface area (Å²) < 4.78 is 4.81. The molecule has 0 radical (unpaired) electrons. The highest BCUT2D eigenvalue weighted by Gasteiger charge is 1.93. The van der Waals surface area contributed by atoms with E-state index in [0.717, 1.165) is 6.54 Å². The van der Waals surface area contributed by atoms with Gasteiger partial charge in [-0.3, -0.25) is 4.79 Å². The maximum Gasteiger partial charge on any atom is 0.156 e. The van der Waals surface area contributed by atoms with Crippen molar-refractivity contribution < 1.29 is 9.53 Å². The average molecular weight is 157 g/mol. The fourth-order valence-corrected chi connectivity index (χ4v) is 0.613. The summed E-state index contributed by atoms with van der Waals surface area (Å²) in [7, 11) is 1.65. The van der Waals surface area contributed by atoms with Gasteiger partial charge in [0.1, 0.15) is 0 Å². The molecule has 1 N–H and O–H groups in total. The highest BCUT2D eigenvalue weighted by atomic mass is 16.5. The van der Waals surface area contributed by atoms with Crippen molar-refractivity contribution >= 4 is 5.78 Å². The van der Waals surface area contributed by atoms with E-state index < -0.39 is 0 Å². The summed E-state index contributed by atoms with van der Waals surface area (Å²) in [6, 6.07) is 0. The van der Waals surface area contributed by atoms with Gasteiger partial charge >= 0.3 is 0 Å². The fourth-order valence-electron chi connectivity index (χ4n) is 0.613. The first-order chi connectivity index (χ1) is 5.31. The molecule has 0 bridgehead atoms. The van der Waals surface area contributed by atoms with Crippen LogP contribution in [0.1, 0.15) is 6.42 Å². The molecule has 0 atom stereocenters. The van der Waals surface area contributed by atoms with Gasteiger partial charge in [0.15, 0.2) is 5.78 Å². The lowest BCUT2D eigenvalue weighted by molar-refractivity contribution is -0.114. The third kappa shape index (κ3) is 7.22. The first-order valence-corrected chi connectivity index (χ1v) is 3.66. The lowest BCUT2D eigenvalue weighted by atomic mass is 10.3. The third-order valence-electron chi connectivity index (χ3n) is 1.26. The summed E-state index contributed by atoms with van der Waals surface area (Å²) >= 11 is 0. The minimum atomic E-state index is 0.0786. The van der Waals surface area contributed by atoms with Crippen LogP contribution in [0.2, 0.25) is 0 Å². The molecule has 0 aromatic carbocycles. The summed E-state index contributed by atoms with van der Waals surface area (Å²) in [6.45, 7) is 5.55. The summed E-state index contributed by atoms with van der Waals surface area (Å²) in [4.78, 5) is 10.7. The molecule has 64 valence electrons. The zero-order valence-corrected chi connectivity index (χ0v) is 6.93. The molecule has 0 saturated carbocycles. The molecule has 11 heavy (non-hydrogen) atoms. The van der Waals surface area contributed by atoms with Gasteiger partial charge < -0.3 is 10.1 Å². The van der Waals surface area contributed by atoms with Crippen LogP contribution in [-0.4, -0.2) is 32.6 Å². The molecule has 0 aromatic heterocycles. The van der Waals surface area contributed by atoms with E-state index in [2.05, 4.69) is 11.9 Å². The molecule has 0 aromatic rings. The number of rotatable bonds is 7. The highest BCUT2D eigenvalue weighted by Crippen LogP contribution is 1.80. The number of ketones is 1. The van der Waals surface area contributed by atoms with Crippen molar-refractivity contribution in [3.63, 3.8) is 0 Å². The predicted molar refractivity (Wildman–Crippen MR) is 44.6 cm³/mol. The van der Waals surface area contributed by atoms with Crippen molar-refractivity contribution in [3.05, 3.63) is 12.7 Å². The Labute approximate surface area is 67.4 Å². The molecule has 0 unspecified atom stereocenters. The minimum Gasteiger partial charge on any atom is -0.383 e. The molecule has 0 aliphatic rings. The summed E-state index contributed by atoms with van der Waals surface area (Å²) in [5.74, 6) is 0.0786. The van der Waals surface area contributed by atoms with Crippen LogP contribution < -0.4 is 5.32 Å². The van der Waals surface area contributed by atoms with Gasteiger partial charge in [-0.15, -0.1) is 0 Å². The Kier molecular flexibility index (Phi) is 6.98. The summed E-state index contributed by atoms with van der Waals surface area (Å²) in [6.07, 6.45) is 1.87. The van der Waals surface area contributed by atoms with Crippen molar-refractivity contribution in [2.24, 2.45) is 0 Å². The van der Waals surface area contributed by atoms with E-state index >= 15 is 0 Å². The maximum atomic E-state index is 10.7. The lowest BCUT2D eigenvalue weighted by Crippen LogP contribution is -2.21. The molecule has 0 amide bonds. The van der Waals surface area contributed by atoms with Crippen LogP contribution in [0.3, 0.4) is 0 Å². The van der Waals surface area contributed by atoms with Crippen LogP contribution in [-0.2, 0) is 9.53 Å². The van der Waals surface area contributed by atoms with Gasteiger partial charge in [-0.05, 0) is 6.08 Å². The van der Waals surface area contributed by atoms with Gasteiger partial charge in [-0.25, -0.2) is 0 Å². The fraction of sp³-hybridized carbons (Fsp3) is 0.625. The maximum absolute atomic E-state index is 10.7. The molecule has 3 nitrogen and oxygen atoms in total. The number of hydrogen-bond acceptors (Lipinski definition) is 3. The molecule has 0 fully saturated rings. The largest absolute Gasteiger partial charge is 0.383 e. The first-order valence-electron chi connectivity index (χ1n) is 3.66. The monoisotopic (exact) mass is 157 g/mol. The van der Waals surface area contributed by atoms with Crippen molar-refractivity contribution in [1.29, 1.82) is 0 Å². The first kappa shape index (κ1) is 10.3. The van der Waals surface area contributed by atoms with Crippen LogP contribution >= 0.6 is 0 Å². The predicted octanol–water partition coefficient (Wildman–Crippen LogP) is 0.368. The number of carbonyl (C=O) groups excluding carboxylic acids is 1. The molecule has 0 rings (SSSR count). The van der Waals surface area contributed by atoms with Crippen LogP contribution in [0.4, 0.5) is 0 Å². The van der Waals surface area contributed by atoms with Crippen molar-refractivity contribution in [2.45, 2.75) is 6.42 Å².